The summed E-state index contributed by atoms with van der Waals surface area (Å²) in [6.45, 7) is 7.42. The zero-order valence-electron chi connectivity index (χ0n) is 41.4. The third kappa shape index (κ3) is 15.4. The van der Waals surface area contributed by atoms with E-state index < -0.39 is 35.1 Å². The summed E-state index contributed by atoms with van der Waals surface area (Å²) in [5.74, 6) is -0.985. The van der Waals surface area contributed by atoms with Gasteiger partial charge in [-0.15, -0.1) is 0 Å². The van der Waals surface area contributed by atoms with Crippen molar-refractivity contribution in [3.8, 4) is 34.5 Å². The predicted molar refractivity (Wildman–Crippen MR) is 271 cm³/mol. The molecule has 72 heavy (non-hydrogen) atoms. The van der Waals surface area contributed by atoms with Crippen LogP contribution in [-0.4, -0.2) is 75.7 Å². The van der Waals surface area contributed by atoms with Gasteiger partial charge >= 0.3 is 35.1 Å². The Bertz CT molecular complexity index is 2590. The number of ether oxygens (including phenoxy) is 10. The Balaban J connectivity index is 0.000000267. The van der Waals surface area contributed by atoms with Gasteiger partial charge in [-0.25, -0.2) is 19.2 Å². The fraction of sp³-hybridized carbons (Fsp3) is 0.298. The summed E-state index contributed by atoms with van der Waals surface area (Å²) in [4.78, 5) is 53.2. The van der Waals surface area contributed by atoms with Gasteiger partial charge in [0.1, 0.15) is 24.7 Å². The topological polar surface area (TPSA) is 161 Å². The second kappa shape index (κ2) is 28.2. The molecule has 15 heteroatoms. The van der Waals surface area contributed by atoms with Gasteiger partial charge in [0.25, 0.3) is 0 Å². The van der Waals surface area contributed by atoms with Crippen molar-refractivity contribution in [3.63, 3.8) is 0 Å². The number of aryl methyl sites for hydroxylation is 1. The SMILES string of the molecule is CCOC(=O)C(CCc1ccc(OC)cc1)(Oc1ccccc1OCc1ccccc1)C(=O)OCC.CCOC(=O)C(Cc1ccc(OC)cc1)(Oc1ccc(Cl)cc1OCc1ccccc1)C(=O)OCC. The van der Waals surface area contributed by atoms with Gasteiger partial charge in [-0.2, -0.15) is 0 Å². The fourth-order valence-electron chi connectivity index (χ4n) is 7.08. The number of hydrogen-bond acceptors (Lipinski definition) is 14. The number of rotatable bonds is 25. The molecule has 0 amide bonds. The molecule has 0 radical (unpaired) electrons. The van der Waals surface area contributed by atoms with Crippen molar-refractivity contribution in [2.24, 2.45) is 0 Å². The number of para-hydroxylation sites is 2. The van der Waals surface area contributed by atoms with Gasteiger partial charge in [0, 0.05) is 23.9 Å². The zero-order chi connectivity index (χ0) is 51.8. The van der Waals surface area contributed by atoms with Crippen LogP contribution in [0.3, 0.4) is 0 Å². The van der Waals surface area contributed by atoms with E-state index in [1.165, 1.54) is 0 Å². The minimum atomic E-state index is -2.13. The first-order chi connectivity index (χ1) is 34.9. The first-order valence-corrected chi connectivity index (χ1v) is 23.9. The van der Waals surface area contributed by atoms with E-state index in [4.69, 9.17) is 59.0 Å². The summed E-state index contributed by atoms with van der Waals surface area (Å²) in [5, 5.41) is 0.401. The highest BCUT2D eigenvalue weighted by Gasteiger charge is 2.53. The smallest absolute Gasteiger partial charge is 0.362 e. The maximum Gasteiger partial charge on any atom is 0.362 e. The molecule has 14 nitrogen and oxygen atoms in total. The van der Waals surface area contributed by atoms with Crippen LogP contribution in [0.4, 0.5) is 0 Å². The summed E-state index contributed by atoms with van der Waals surface area (Å²) in [7, 11) is 3.14. The number of esters is 4. The first-order valence-electron chi connectivity index (χ1n) is 23.5. The summed E-state index contributed by atoms with van der Waals surface area (Å²) in [5.41, 5.74) is -0.724. The van der Waals surface area contributed by atoms with Gasteiger partial charge in [-0.05, 0) is 105 Å². The summed E-state index contributed by atoms with van der Waals surface area (Å²) in [6, 6.07) is 45.1. The quantitative estimate of drug-likeness (QED) is 0.0303. The van der Waals surface area contributed by atoms with E-state index in [1.54, 1.807) is 109 Å². The second-order valence-corrected chi connectivity index (χ2v) is 16.1. The number of halogens is 1. The molecule has 0 aliphatic rings. The fourth-order valence-corrected chi connectivity index (χ4v) is 7.24. The van der Waals surface area contributed by atoms with E-state index in [2.05, 4.69) is 0 Å². The number of hydrogen-bond donors (Lipinski definition) is 0. The van der Waals surface area contributed by atoms with Gasteiger partial charge in [-0.3, -0.25) is 0 Å². The minimum Gasteiger partial charge on any atom is -0.497 e. The largest absolute Gasteiger partial charge is 0.497 e. The molecule has 0 aromatic heterocycles. The maximum atomic E-state index is 13.3. The molecule has 0 N–H and O–H groups in total. The molecule has 6 rings (SSSR count). The third-order valence-corrected chi connectivity index (χ3v) is 11.0. The molecule has 0 aliphatic heterocycles. The zero-order valence-corrected chi connectivity index (χ0v) is 42.1. The molecule has 0 unspecified atom stereocenters. The molecular formula is C57H61ClO14. The van der Waals surface area contributed by atoms with Crippen LogP contribution in [0, 0.1) is 0 Å². The molecule has 0 fully saturated rings. The highest BCUT2D eigenvalue weighted by atomic mass is 35.5. The lowest BCUT2D eigenvalue weighted by atomic mass is 9.93. The first kappa shape index (κ1) is 55.2. The van der Waals surface area contributed by atoms with E-state index in [1.807, 2.05) is 84.9 Å². The number of benzene rings is 6. The minimum absolute atomic E-state index is 0.00398. The van der Waals surface area contributed by atoms with Crippen LogP contribution in [0.2, 0.25) is 5.02 Å². The number of carbonyl (C=O) groups is 4. The van der Waals surface area contributed by atoms with Crippen LogP contribution >= 0.6 is 11.6 Å². The molecule has 0 bridgehead atoms. The average molecular weight is 1010 g/mol. The van der Waals surface area contributed by atoms with Crippen molar-refractivity contribution in [3.05, 3.63) is 179 Å². The lowest BCUT2D eigenvalue weighted by Gasteiger charge is -2.30. The Morgan fingerprint density at radius 2 is 0.833 bits per heavy atom. The van der Waals surface area contributed by atoms with Crippen LogP contribution in [0.1, 0.15) is 56.4 Å². The molecule has 0 saturated carbocycles. The lowest BCUT2D eigenvalue weighted by Crippen LogP contribution is -2.55. The highest BCUT2D eigenvalue weighted by molar-refractivity contribution is 6.30. The predicted octanol–water partition coefficient (Wildman–Crippen LogP) is 10.6. The van der Waals surface area contributed by atoms with Crippen molar-refractivity contribution in [2.45, 2.75) is 71.4 Å². The molecule has 0 spiro atoms. The van der Waals surface area contributed by atoms with Crippen LogP contribution in [-0.2, 0) is 64.2 Å². The monoisotopic (exact) mass is 1000 g/mol. The number of carbonyl (C=O) groups excluding carboxylic acids is 4. The van der Waals surface area contributed by atoms with Crippen LogP contribution in [0.5, 0.6) is 34.5 Å². The average Bonchev–Trinajstić information content (AvgIpc) is 3.40. The van der Waals surface area contributed by atoms with E-state index >= 15 is 0 Å². The Labute approximate surface area is 425 Å². The van der Waals surface area contributed by atoms with Gasteiger partial charge in [0.15, 0.2) is 23.0 Å². The van der Waals surface area contributed by atoms with Crippen molar-refractivity contribution in [1.82, 2.24) is 0 Å². The van der Waals surface area contributed by atoms with Gasteiger partial charge < -0.3 is 47.4 Å². The molecule has 0 aliphatic carbocycles. The maximum absolute atomic E-state index is 13.3. The Hall–Kier alpha value is -7.71. The van der Waals surface area contributed by atoms with Gasteiger partial charge in [0.2, 0.25) is 0 Å². The summed E-state index contributed by atoms with van der Waals surface area (Å²) < 4.78 is 56.1. The lowest BCUT2D eigenvalue weighted by molar-refractivity contribution is -0.181. The normalized spacial score (nSPS) is 10.9. The molecule has 0 heterocycles. The van der Waals surface area contributed by atoms with E-state index in [-0.39, 0.29) is 63.1 Å². The van der Waals surface area contributed by atoms with Gasteiger partial charge in [-0.1, -0.05) is 109 Å². The van der Waals surface area contributed by atoms with Crippen molar-refractivity contribution >= 4 is 35.5 Å². The third-order valence-electron chi connectivity index (χ3n) is 10.8. The van der Waals surface area contributed by atoms with E-state index in [0.717, 1.165) is 16.7 Å². The second-order valence-electron chi connectivity index (χ2n) is 15.7. The number of methoxy groups -OCH3 is 2. The van der Waals surface area contributed by atoms with Crippen molar-refractivity contribution in [2.75, 3.05) is 40.6 Å². The van der Waals surface area contributed by atoms with Gasteiger partial charge in [0.05, 0.1) is 40.6 Å². The molecular weight excluding hydrogens is 944 g/mol. The van der Waals surface area contributed by atoms with Crippen LogP contribution in [0.25, 0.3) is 0 Å². The van der Waals surface area contributed by atoms with E-state index in [9.17, 15) is 19.2 Å². The van der Waals surface area contributed by atoms with Crippen molar-refractivity contribution < 1.29 is 66.5 Å². The standard InChI is InChI=1S/C29H32O7.C28H29ClO7/c1-4-33-27(30)29(28(31)34-5-2,20-19-22-15-17-24(32-3)18-16-22)36-26-14-10-9-13-25(26)35-21-23-11-7-6-8-12-23;1-4-33-26(30)28(27(31)34-5-2,18-20-11-14-23(32-3)15-12-20)36-24-16-13-22(29)17-25(24)35-19-21-9-7-6-8-10-21/h6-18H,4-5,19-21H2,1-3H3;6-17H,4-5,18-19H2,1-3H3. The molecule has 380 valence electrons. The highest BCUT2D eigenvalue weighted by Crippen LogP contribution is 2.37. The van der Waals surface area contributed by atoms with E-state index in [0.29, 0.717) is 40.9 Å². The van der Waals surface area contributed by atoms with Crippen LogP contribution in [0.15, 0.2) is 152 Å². The van der Waals surface area contributed by atoms with Crippen LogP contribution < -0.4 is 28.4 Å². The molecule has 0 saturated heterocycles. The summed E-state index contributed by atoms with van der Waals surface area (Å²) >= 11 is 6.22. The molecule has 6 aromatic carbocycles. The Kier molecular flexibility index (Phi) is 21.6. The molecule has 0 atom stereocenters. The van der Waals surface area contributed by atoms with Crippen molar-refractivity contribution in [1.29, 1.82) is 0 Å². The molecule has 6 aromatic rings. The Morgan fingerprint density at radius 3 is 1.31 bits per heavy atom. The Morgan fingerprint density at radius 1 is 0.431 bits per heavy atom. The summed E-state index contributed by atoms with van der Waals surface area (Å²) in [6.07, 6.45) is 0.216.